The summed E-state index contributed by atoms with van der Waals surface area (Å²) in [6.07, 6.45) is 3.20. The fourth-order valence-corrected chi connectivity index (χ4v) is 2.45. The number of rotatable bonds is 7. The summed E-state index contributed by atoms with van der Waals surface area (Å²) in [5.74, 6) is -0.0793. The van der Waals surface area contributed by atoms with Gasteiger partial charge in [0.15, 0.2) is 0 Å². The summed E-state index contributed by atoms with van der Waals surface area (Å²) in [5.41, 5.74) is -0.298. The summed E-state index contributed by atoms with van der Waals surface area (Å²) in [4.78, 5) is 26.5. The lowest BCUT2D eigenvalue weighted by atomic mass is 9.83. The van der Waals surface area contributed by atoms with Gasteiger partial charge in [0.05, 0.1) is 13.2 Å². The van der Waals surface area contributed by atoms with Crippen LogP contribution in [0.3, 0.4) is 0 Å². The first-order valence-corrected chi connectivity index (χ1v) is 7.62. The zero-order valence-electron chi connectivity index (χ0n) is 13.6. The van der Waals surface area contributed by atoms with Crippen molar-refractivity contribution < 1.29 is 14.3 Å². The van der Waals surface area contributed by atoms with E-state index in [1.807, 2.05) is 27.7 Å². The molecule has 0 aromatic carbocycles. The number of carbonyl (C=O) groups excluding carboxylic acids is 2. The average Bonchev–Trinajstić information content (AvgIpc) is 2.40. The summed E-state index contributed by atoms with van der Waals surface area (Å²) >= 11 is 0. The van der Waals surface area contributed by atoms with Gasteiger partial charge in [-0.2, -0.15) is 0 Å². The van der Waals surface area contributed by atoms with Crippen LogP contribution in [0, 0.1) is 5.41 Å². The smallest absolute Gasteiger partial charge is 0.246 e. The highest BCUT2D eigenvalue weighted by Gasteiger charge is 2.44. The minimum Gasteiger partial charge on any atom is -0.379 e. The maximum atomic E-state index is 12.6. The number of ether oxygens (including phenoxy) is 1. The van der Waals surface area contributed by atoms with Crippen LogP contribution >= 0.6 is 0 Å². The summed E-state index contributed by atoms with van der Waals surface area (Å²) in [6, 6.07) is -0.861. The van der Waals surface area contributed by atoms with Crippen molar-refractivity contribution in [3.05, 3.63) is 12.7 Å². The predicted molar refractivity (Wildman–Crippen MR) is 82.8 cm³/mol. The minimum absolute atomic E-state index is 0.0127. The molecule has 1 fully saturated rings. The third-order valence-electron chi connectivity index (χ3n) is 3.69. The Morgan fingerprint density at radius 3 is 2.52 bits per heavy atom. The van der Waals surface area contributed by atoms with Crippen LogP contribution in [0.15, 0.2) is 12.7 Å². The van der Waals surface area contributed by atoms with Crippen LogP contribution in [0.25, 0.3) is 0 Å². The van der Waals surface area contributed by atoms with Crippen molar-refractivity contribution in [2.75, 3.05) is 19.8 Å². The molecular formula is C16H28N2O3. The number of hydrogen-bond donors (Lipinski definition) is 1. The number of nitrogens with zero attached hydrogens (tertiary/aromatic N) is 1. The number of nitrogens with one attached hydrogen (secondary N) is 1. The Hall–Kier alpha value is -1.36. The first-order chi connectivity index (χ1) is 9.82. The van der Waals surface area contributed by atoms with E-state index in [2.05, 4.69) is 11.9 Å². The zero-order chi connectivity index (χ0) is 16.0. The van der Waals surface area contributed by atoms with Crippen LogP contribution in [0.4, 0.5) is 0 Å². The van der Waals surface area contributed by atoms with Gasteiger partial charge < -0.3 is 15.0 Å². The molecule has 1 aliphatic heterocycles. The molecule has 0 aromatic heterocycles. The molecule has 0 aliphatic carbocycles. The normalized spacial score (nSPS) is 23.1. The lowest BCUT2D eigenvalue weighted by molar-refractivity contribution is -0.153. The summed E-state index contributed by atoms with van der Waals surface area (Å²) < 4.78 is 5.48. The van der Waals surface area contributed by atoms with Gasteiger partial charge in [-0.1, -0.05) is 33.8 Å². The maximum Gasteiger partial charge on any atom is 0.246 e. The van der Waals surface area contributed by atoms with Crippen molar-refractivity contribution >= 4 is 11.8 Å². The monoisotopic (exact) mass is 296 g/mol. The second-order valence-corrected chi connectivity index (χ2v) is 6.45. The third-order valence-corrected chi connectivity index (χ3v) is 3.69. The lowest BCUT2D eigenvalue weighted by Crippen LogP contribution is -2.66. The lowest BCUT2D eigenvalue weighted by Gasteiger charge is -2.43. The van der Waals surface area contributed by atoms with Crippen molar-refractivity contribution in [2.45, 2.75) is 52.6 Å². The number of amides is 2. The zero-order valence-corrected chi connectivity index (χ0v) is 13.6. The van der Waals surface area contributed by atoms with E-state index in [4.69, 9.17) is 4.74 Å². The van der Waals surface area contributed by atoms with Crippen LogP contribution in [0.2, 0.25) is 0 Å². The first kappa shape index (κ1) is 17.7. The molecule has 0 aromatic rings. The van der Waals surface area contributed by atoms with Gasteiger partial charge in [0.1, 0.15) is 12.1 Å². The molecular weight excluding hydrogens is 268 g/mol. The Balaban J connectivity index is 2.72. The van der Waals surface area contributed by atoms with Gasteiger partial charge in [-0.05, 0) is 18.3 Å². The molecule has 2 amide bonds. The summed E-state index contributed by atoms with van der Waals surface area (Å²) in [7, 11) is 0. The van der Waals surface area contributed by atoms with Crippen molar-refractivity contribution in [1.29, 1.82) is 0 Å². The van der Waals surface area contributed by atoms with Gasteiger partial charge >= 0.3 is 0 Å². The molecule has 2 unspecified atom stereocenters. The molecule has 0 radical (unpaired) electrons. The summed E-state index contributed by atoms with van der Waals surface area (Å²) in [5, 5.41) is 2.86. The predicted octanol–water partition coefficient (Wildman–Crippen LogP) is 1.73. The molecule has 2 atom stereocenters. The van der Waals surface area contributed by atoms with Crippen molar-refractivity contribution in [2.24, 2.45) is 5.41 Å². The Kier molecular flexibility index (Phi) is 6.40. The quantitative estimate of drug-likeness (QED) is 0.575. The Morgan fingerprint density at radius 1 is 1.33 bits per heavy atom. The molecule has 1 aliphatic rings. The first-order valence-electron chi connectivity index (χ1n) is 7.62. The molecule has 0 bridgehead atoms. The van der Waals surface area contributed by atoms with Gasteiger partial charge in [0.2, 0.25) is 11.8 Å². The Morgan fingerprint density at radius 2 is 2.00 bits per heavy atom. The highest BCUT2D eigenvalue weighted by Crippen LogP contribution is 2.25. The van der Waals surface area contributed by atoms with Crippen molar-refractivity contribution in [3.63, 3.8) is 0 Å². The molecule has 120 valence electrons. The van der Waals surface area contributed by atoms with Gasteiger partial charge in [-0.3, -0.25) is 9.59 Å². The molecule has 21 heavy (non-hydrogen) atoms. The van der Waals surface area contributed by atoms with Crippen LogP contribution in [-0.4, -0.2) is 48.6 Å². The third kappa shape index (κ3) is 4.56. The van der Waals surface area contributed by atoms with Crippen LogP contribution < -0.4 is 5.32 Å². The second-order valence-electron chi connectivity index (χ2n) is 6.45. The molecule has 1 saturated heterocycles. The van der Waals surface area contributed by atoms with E-state index in [0.717, 1.165) is 6.42 Å². The molecule has 1 heterocycles. The molecule has 1 rings (SSSR count). The molecule has 5 heteroatoms. The maximum absolute atomic E-state index is 12.6. The van der Waals surface area contributed by atoms with E-state index >= 15 is 0 Å². The number of piperazine rings is 1. The van der Waals surface area contributed by atoms with Crippen LogP contribution in [0.5, 0.6) is 0 Å². The van der Waals surface area contributed by atoms with E-state index in [0.29, 0.717) is 26.2 Å². The van der Waals surface area contributed by atoms with Crippen molar-refractivity contribution in [1.82, 2.24) is 10.2 Å². The SMILES string of the molecule is C=CCCOCCN1C(=O)C(C(C)(C)C)NC(=O)C1CC. The highest BCUT2D eigenvalue weighted by atomic mass is 16.5. The number of hydrogen-bond acceptors (Lipinski definition) is 3. The van der Waals surface area contributed by atoms with Crippen LogP contribution in [0.1, 0.15) is 40.5 Å². The molecule has 0 saturated carbocycles. The standard InChI is InChI=1S/C16H28N2O3/c1-6-8-10-21-11-9-18-12(7-2)14(19)17-13(15(18)20)16(3,4)5/h6,12-13H,1,7-11H2,2-5H3,(H,17,19). The fraction of sp³-hybridized carbons (Fsp3) is 0.750. The largest absolute Gasteiger partial charge is 0.379 e. The Labute approximate surface area is 127 Å². The van der Waals surface area contributed by atoms with Gasteiger partial charge in [-0.25, -0.2) is 0 Å². The van der Waals surface area contributed by atoms with E-state index in [1.165, 1.54) is 0 Å². The number of carbonyl (C=O) groups is 2. The van der Waals surface area contributed by atoms with Gasteiger partial charge in [0, 0.05) is 6.54 Å². The second kappa shape index (κ2) is 7.59. The highest BCUT2D eigenvalue weighted by molar-refractivity contribution is 5.97. The molecule has 0 spiro atoms. The molecule has 5 nitrogen and oxygen atoms in total. The van der Waals surface area contributed by atoms with E-state index in [1.54, 1.807) is 11.0 Å². The Bertz CT molecular complexity index is 387. The van der Waals surface area contributed by atoms with Gasteiger partial charge in [0.25, 0.3) is 0 Å². The summed E-state index contributed by atoms with van der Waals surface area (Å²) in [6.45, 7) is 12.9. The molecule has 1 N–H and O–H groups in total. The van der Waals surface area contributed by atoms with Gasteiger partial charge in [-0.15, -0.1) is 6.58 Å². The van der Waals surface area contributed by atoms with E-state index in [-0.39, 0.29) is 23.3 Å². The minimum atomic E-state index is -0.471. The van der Waals surface area contributed by atoms with E-state index in [9.17, 15) is 9.59 Å². The fourth-order valence-electron chi connectivity index (χ4n) is 2.45. The topological polar surface area (TPSA) is 58.6 Å². The average molecular weight is 296 g/mol. The van der Waals surface area contributed by atoms with E-state index < -0.39 is 6.04 Å². The van der Waals surface area contributed by atoms with Crippen molar-refractivity contribution in [3.8, 4) is 0 Å². The van der Waals surface area contributed by atoms with Crippen LogP contribution in [-0.2, 0) is 14.3 Å².